The van der Waals surface area contributed by atoms with Crippen LogP contribution in [-0.2, 0) is 18.9 Å². The van der Waals surface area contributed by atoms with Gasteiger partial charge in [0.05, 0.1) is 7.11 Å². The van der Waals surface area contributed by atoms with Crippen LogP contribution in [-0.4, -0.2) is 64.4 Å². The van der Waals surface area contributed by atoms with Crippen molar-refractivity contribution >= 4 is 49.4 Å². The molecule has 0 aromatic rings. The molecule has 8 heteroatoms. The zero-order valence-electron chi connectivity index (χ0n) is 7.34. The minimum Gasteiger partial charge on any atom is -0.468 e. The average molecular weight is 219 g/mol. The molecule has 0 aliphatic rings. The first kappa shape index (κ1) is 15.7. The van der Waals surface area contributed by atoms with E-state index in [2.05, 4.69) is 4.74 Å². The molecule has 2 N–H and O–H groups in total. The molecule has 1 radical (unpaired) electrons. The Morgan fingerprint density at radius 1 is 1.62 bits per heavy atom. The molecule has 0 heterocycles. The molecule has 0 amide bonds. The maximum atomic E-state index is 10.7. The number of hydrogen-bond acceptors (Lipinski definition) is 4. The van der Waals surface area contributed by atoms with E-state index in [0.717, 1.165) is 7.11 Å². The molecule has 0 fully saturated rings. The molecule has 0 bridgehead atoms. The van der Waals surface area contributed by atoms with E-state index in [4.69, 9.17) is 9.79 Å². The number of aldehydes is 1. The van der Waals surface area contributed by atoms with Crippen molar-refractivity contribution in [3.63, 3.8) is 0 Å². The van der Waals surface area contributed by atoms with Gasteiger partial charge in [-0.2, -0.15) is 0 Å². The Balaban J connectivity index is 0. The number of rotatable bonds is 4. The molecule has 0 aromatic carbocycles. The van der Waals surface area contributed by atoms with Crippen LogP contribution in [0.2, 0.25) is 0 Å². The van der Waals surface area contributed by atoms with Crippen LogP contribution in [0.25, 0.3) is 0 Å². The van der Waals surface area contributed by atoms with E-state index in [1.54, 1.807) is 0 Å². The number of esters is 1. The summed E-state index contributed by atoms with van der Waals surface area (Å²) in [6.45, 7) is 0. The van der Waals surface area contributed by atoms with Gasteiger partial charge in [0.25, 0.3) is 0 Å². The van der Waals surface area contributed by atoms with Gasteiger partial charge in [-0.05, 0) is 0 Å². The summed E-state index contributed by atoms with van der Waals surface area (Å²) in [4.78, 5) is 37.7. The van der Waals surface area contributed by atoms with E-state index < -0.39 is 25.6 Å². The molecule has 0 spiro atoms. The number of methoxy groups -OCH3 is 1. The maximum Gasteiger partial charge on any atom is 0.340 e. The third-order valence-electron chi connectivity index (χ3n) is 1.20. The van der Waals surface area contributed by atoms with Crippen LogP contribution in [0.5, 0.6) is 0 Å². The fraction of sp³-hybridized carbons (Fsp3) is 0.600. The first-order valence-corrected chi connectivity index (χ1v) is 4.68. The summed E-state index contributed by atoms with van der Waals surface area (Å²) < 4.78 is 14.7. The molecule has 13 heavy (non-hydrogen) atoms. The van der Waals surface area contributed by atoms with E-state index in [9.17, 15) is 14.2 Å². The van der Waals surface area contributed by atoms with E-state index in [0.29, 0.717) is 0 Å². The van der Waals surface area contributed by atoms with Crippen molar-refractivity contribution in [3.05, 3.63) is 0 Å². The predicted molar refractivity (Wildman–Crippen MR) is 44.3 cm³/mol. The first-order valence-electron chi connectivity index (χ1n) is 3.00. The van der Waals surface area contributed by atoms with E-state index in [1.165, 1.54) is 0 Å². The molecular formula is C5H9NaO6P. The molecule has 0 rings (SSSR count). The number of hydrogen-bond donors (Lipinski definition) is 2. The molecule has 6 nitrogen and oxygen atoms in total. The Labute approximate surface area is 97.1 Å². The SMILES string of the molecule is COC(=O)C(CC=O)P(=O)(O)O.[Na]. The second-order valence-electron chi connectivity index (χ2n) is 2.03. The fourth-order valence-corrected chi connectivity index (χ4v) is 1.34. The third kappa shape index (κ3) is 5.57. The van der Waals surface area contributed by atoms with E-state index >= 15 is 0 Å². The molecule has 0 saturated carbocycles. The summed E-state index contributed by atoms with van der Waals surface area (Å²) in [5, 5.41) is 0. The van der Waals surface area contributed by atoms with Crippen molar-refractivity contribution in [3.8, 4) is 0 Å². The maximum absolute atomic E-state index is 10.7. The Hall–Kier alpha value is 0.290. The van der Waals surface area contributed by atoms with Crippen LogP contribution in [0.4, 0.5) is 0 Å². The molecule has 0 aliphatic heterocycles. The van der Waals surface area contributed by atoms with Crippen molar-refractivity contribution in [2.45, 2.75) is 12.1 Å². The zero-order chi connectivity index (χ0) is 9.78. The topological polar surface area (TPSA) is 101 Å². The van der Waals surface area contributed by atoms with Crippen LogP contribution < -0.4 is 0 Å². The Bertz CT molecular complexity index is 223. The first-order chi connectivity index (χ1) is 5.43. The molecule has 0 aromatic heterocycles. The van der Waals surface area contributed by atoms with Crippen molar-refractivity contribution < 1.29 is 28.7 Å². The van der Waals surface area contributed by atoms with Crippen LogP contribution in [0, 0.1) is 0 Å². The smallest absolute Gasteiger partial charge is 0.340 e. The largest absolute Gasteiger partial charge is 0.468 e. The van der Waals surface area contributed by atoms with E-state index in [1.807, 2.05) is 0 Å². The van der Waals surface area contributed by atoms with Crippen molar-refractivity contribution in [2.75, 3.05) is 7.11 Å². The van der Waals surface area contributed by atoms with Crippen LogP contribution >= 0.6 is 7.60 Å². The quantitative estimate of drug-likeness (QED) is 0.270. The molecule has 1 atom stereocenters. The minimum atomic E-state index is -4.57. The van der Waals surface area contributed by atoms with Gasteiger partial charge in [0.1, 0.15) is 6.29 Å². The average Bonchev–Trinajstić information content (AvgIpc) is 1.96. The minimum absolute atomic E-state index is 0. The van der Waals surface area contributed by atoms with Crippen molar-refractivity contribution in [2.24, 2.45) is 0 Å². The van der Waals surface area contributed by atoms with Gasteiger partial charge in [-0.3, -0.25) is 9.36 Å². The van der Waals surface area contributed by atoms with Gasteiger partial charge >= 0.3 is 13.6 Å². The summed E-state index contributed by atoms with van der Waals surface area (Å²) in [5.41, 5.74) is -1.67. The van der Waals surface area contributed by atoms with Gasteiger partial charge in [0.15, 0.2) is 5.66 Å². The number of ether oxygens (including phenoxy) is 1. The fourth-order valence-electron chi connectivity index (χ4n) is 0.598. The normalized spacial score (nSPS) is 12.5. The van der Waals surface area contributed by atoms with Gasteiger partial charge in [0, 0.05) is 36.0 Å². The summed E-state index contributed by atoms with van der Waals surface area (Å²) >= 11 is 0. The Morgan fingerprint density at radius 3 is 2.31 bits per heavy atom. The van der Waals surface area contributed by atoms with Crippen molar-refractivity contribution in [1.82, 2.24) is 0 Å². The molecular weight excluding hydrogens is 210 g/mol. The van der Waals surface area contributed by atoms with Crippen LogP contribution in [0.3, 0.4) is 0 Å². The predicted octanol–water partition coefficient (Wildman–Crippen LogP) is -1.09. The number of carbonyl (C=O) groups excluding carboxylic acids is 2. The second kappa shape index (κ2) is 6.70. The Kier molecular flexibility index (Phi) is 8.12. The zero-order valence-corrected chi connectivity index (χ0v) is 10.2. The van der Waals surface area contributed by atoms with Crippen LogP contribution in [0.15, 0.2) is 0 Å². The number of carbonyl (C=O) groups is 2. The summed E-state index contributed by atoms with van der Waals surface area (Å²) in [6, 6.07) is 0. The van der Waals surface area contributed by atoms with Crippen molar-refractivity contribution in [1.29, 1.82) is 0 Å². The third-order valence-corrected chi connectivity index (χ3v) is 2.43. The molecule has 0 saturated heterocycles. The Morgan fingerprint density at radius 2 is 2.08 bits per heavy atom. The van der Waals surface area contributed by atoms with Gasteiger partial charge in [-0.1, -0.05) is 0 Å². The summed E-state index contributed by atoms with van der Waals surface area (Å²) in [5.74, 6) is -1.07. The van der Waals surface area contributed by atoms with Crippen LogP contribution in [0.1, 0.15) is 6.42 Å². The monoisotopic (exact) mass is 219 g/mol. The standard InChI is InChI=1S/C5H9O6P.Na/c1-11-5(7)4(2-3-6)12(8,9)10;/h3-4H,2H2,1H3,(H2,8,9,10);. The van der Waals surface area contributed by atoms with Gasteiger partial charge in [-0.15, -0.1) is 0 Å². The summed E-state index contributed by atoms with van der Waals surface area (Å²) in [7, 11) is -3.57. The van der Waals surface area contributed by atoms with E-state index in [-0.39, 0.29) is 35.8 Å². The summed E-state index contributed by atoms with van der Waals surface area (Å²) in [6.07, 6.45) is -0.266. The van der Waals surface area contributed by atoms with Gasteiger partial charge in [-0.25, -0.2) is 0 Å². The second-order valence-corrected chi connectivity index (χ2v) is 3.83. The van der Waals surface area contributed by atoms with Gasteiger partial charge < -0.3 is 19.3 Å². The van der Waals surface area contributed by atoms with Gasteiger partial charge in [0.2, 0.25) is 0 Å². The molecule has 71 valence electrons. The molecule has 0 aliphatic carbocycles. The molecule has 1 unspecified atom stereocenters.